The lowest BCUT2D eigenvalue weighted by Gasteiger charge is -2.44. The Bertz CT molecular complexity index is 518. The van der Waals surface area contributed by atoms with Crippen LogP contribution in [0.25, 0.3) is 0 Å². The Morgan fingerprint density at radius 1 is 1.00 bits per heavy atom. The molecular formula is C26H44S. The van der Waals surface area contributed by atoms with Crippen LogP contribution in [-0.4, -0.2) is 5.25 Å². The fourth-order valence-electron chi connectivity index (χ4n) is 6.22. The summed E-state index contributed by atoms with van der Waals surface area (Å²) in [6.45, 7) is 11.1. The number of benzene rings is 1. The monoisotopic (exact) mass is 388 g/mol. The molecule has 1 aromatic carbocycles. The van der Waals surface area contributed by atoms with E-state index in [1.54, 1.807) is 12.8 Å². The summed E-state index contributed by atoms with van der Waals surface area (Å²) in [6.07, 6.45) is 12.9. The largest absolute Gasteiger partial charge is 0.176 e. The molecule has 3 aliphatic carbocycles. The lowest BCUT2D eigenvalue weighted by atomic mass is 9.64. The van der Waals surface area contributed by atoms with E-state index in [1.165, 1.54) is 50.5 Å². The van der Waals surface area contributed by atoms with Crippen molar-refractivity contribution in [3.8, 4) is 0 Å². The van der Waals surface area contributed by atoms with Crippen LogP contribution in [0.4, 0.5) is 0 Å². The van der Waals surface area contributed by atoms with Gasteiger partial charge in [0.25, 0.3) is 0 Å². The Morgan fingerprint density at radius 2 is 1.67 bits per heavy atom. The van der Waals surface area contributed by atoms with Gasteiger partial charge in [-0.3, -0.25) is 0 Å². The van der Waals surface area contributed by atoms with Gasteiger partial charge in [0.1, 0.15) is 0 Å². The minimum atomic E-state index is 0.612. The molecule has 6 atom stereocenters. The molecule has 0 aliphatic heterocycles. The quantitative estimate of drug-likeness (QED) is 0.493. The van der Waals surface area contributed by atoms with Gasteiger partial charge in [0.05, 0.1) is 0 Å². The van der Waals surface area contributed by atoms with Crippen molar-refractivity contribution >= 4 is 12.6 Å². The molecule has 0 saturated heterocycles. The van der Waals surface area contributed by atoms with Crippen molar-refractivity contribution in [1.29, 1.82) is 0 Å². The van der Waals surface area contributed by atoms with E-state index in [-0.39, 0.29) is 0 Å². The maximum Gasteiger partial charge on any atom is 0.00452 e. The average Bonchev–Trinajstić information content (AvgIpc) is 2.90. The number of thiol groups is 1. The van der Waals surface area contributed by atoms with Crippen LogP contribution in [0.15, 0.2) is 30.3 Å². The van der Waals surface area contributed by atoms with Gasteiger partial charge in [-0.15, -0.1) is 0 Å². The first-order valence-corrected chi connectivity index (χ1v) is 12.3. The molecule has 6 unspecified atom stereocenters. The van der Waals surface area contributed by atoms with Gasteiger partial charge in [-0.1, -0.05) is 71.4 Å². The van der Waals surface area contributed by atoms with E-state index in [2.05, 4.69) is 51.1 Å². The summed E-state index contributed by atoms with van der Waals surface area (Å²) in [6, 6.07) is 10.6. The lowest BCUT2D eigenvalue weighted by Crippen LogP contribution is -2.36. The van der Waals surface area contributed by atoms with E-state index >= 15 is 0 Å². The summed E-state index contributed by atoms with van der Waals surface area (Å²) in [5.41, 5.74) is 2.07. The van der Waals surface area contributed by atoms with Crippen molar-refractivity contribution in [1.82, 2.24) is 0 Å². The molecule has 1 heteroatoms. The highest BCUT2D eigenvalue weighted by Crippen LogP contribution is 2.61. The number of rotatable bonds is 4. The predicted octanol–water partition coefficient (Wildman–Crippen LogP) is 8.21. The van der Waals surface area contributed by atoms with Gasteiger partial charge in [-0.25, -0.2) is 0 Å². The maximum atomic E-state index is 4.83. The van der Waals surface area contributed by atoms with Crippen molar-refractivity contribution in [3.05, 3.63) is 35.9 Å². The zero-order valence-electron chi connectivity index (χ0n) is 18.6. The first-order chi connectivity index (χ1) is 13.0. The second-order valence-electron chi connectivity index (χ2n) is 9.44. The molecule has 0 spiro atoms. The molecule has 3 aliphatic rings. The van der Waals surface area contributed by atoms with Gasteiger partial charge in [0.15, 0.2) is 0 Å². The molecule has 3 fully saturated rings. The van der Waals surface area contributed by atoms with E-state index in [4.69, 9.17) is 12.6 Å². The van der Waals surface area contributed by atoms with Crippen LogP contribution < -0.4 is 0 Å². The number of aryl methyl sites for hydroxylation is 1. The molecule has 0 amide bonds. The van der Waals surface area contributed by atoms with Crippen LogP contribution >= 0.6 is 12.6 Å². The second-order valence-corrected chi connectivity index (χ2v) is 10.2. The standard InChI is InChI=1S/C14H24S.C10H14.C2H6/c1-9-3-12-4-11-5-13(12)8-14(6-9,7-11)10(2)15;1-2-3-7-10-8-5-4-6-9-10;1-2/h9-13,15H,3-8H2,1-2H3;4-6,8-9H,2-3,7H2,1H3;1-2H3. The van der Waals surface area contributed by atoms with Crippen LogP contribution in [0.3, 0.4) is 0 Å². The van der Waals surface area contributed by atoms with Gasteiger partial charge in [0, 0.05) is 5.25 Å². The molecule has 0 aromatic heterocycles. The van der Waals surface area contributed by atoms with Crippen molar-refractivity contribution in [2.75, 3.05) is 0 Å². The third kappa shape index (κ3) is 6.02. The molecule has 3 saturated carbocycles. The molecule has 0 N–H and O–H groups in total. The molecule has 0 radical (unpaired) electrons. The first-order valence-electron chi connectivity index (χ1n) is 11.7. The normalized spacial score (nSPS) is 34.6. The Balaban J connectivity index is 0.000000191. The predicted molar refractivity (Wildman–Crippen MR) is 125 cm³/mol. The van der Waals surface area contributed by atoms with E-state index in [1.807, 2.05) is 13.8 Å². The van der Waals surface area contributed by atoms with Crippen LogP contribution in [0.2, 0.25) is 0 Å². The second kappa shape index (κ2) is 10.9. The Kier molecular flexibility index (Phi) is 9.26. The molecule has 4 rings (SSSR count). The average molecular weight is 389 g/mol. The number of fused-ring (bicyclic) bond motifs is 2. The summed E-state index contributed by atoms with van der Waals surface area (Å²) < 4.78 is 0. The van der Waals surface area contributed by atoms with Crippen molar-refractivity contribution in [2.24, 2.45) is 29.1 Å². The van der Waals surface area contributed by atoms with E-state index in [9.17, 15) is 0 Å². The zero-order valence-corrected chi connectivity index (χ0v) is 19.5. The van der Waals surface area contributed by atoms with Crippen LogP contribution in [0, 0.1) is 29.1 Å². The summed E-state index contributed by atoms with van der Waals surface area (Å²) >= 11 is 4.83. The summed E-state index contributed by atoms with van der Waals surface area (Å²) in [5, 5.41) is 0.613. The van der Waals surface area contributed by atoms with Crippen LogP contribution in [0.1, 0.15) is 91.5 Å². The SMILES string of the molecule is CC.CC1CC2CC3CC2CC(C(C)S)(C1)C3.CCCCc1ccccc1. The number of unbranched alkanes of at least 4 members (excludes halogenated alkanes) is 1. The fraction of sp³-hybridized carbons (Fsp3) is 0.769. The molecule has 0 nitrogen and oxygen atoms in total. The van der Waals surface area contributed by atoms with Gasteiger partial charge in [0.2, 0.25) is 0 Å². The zero-order chi connectivity index (χ0) is 19.9. The molecule has 154 valence electrons. The molecular weight excluding hydrogens is 344 g/mol. The van der Waals surface area contributed by atoms with Gasteiger partial charge >= 0.3 is 0 Å². The molecule has 0 heterocycles. The Labute approximate surface area is 175 Å². The number of hydrogen-bond donors (Lipinski definition) is 1. The third-order valence-electron chi connectivity index (χ3n) is 7.31. The Morgan fingerprint density at radius 3 is 2.30 bits per heavy atom. The third-order valence-corrected chi connectivity index (χ3v) is 7.86. The van der Waals surface area contributed by atoms with Crippen LogP contribution in [0.5, 0.6) is 0 Å². The molecule has 27 heavy (non-hydrogen) atoms. The van der Waals surface area contributed by atoms with Crippen LogP contribution in [-0.2, 0) is 6.42 Å². The van der Waals surface area contributed by atoms with Crippen molar-refractivity contribution in [2.45, 2.75) is 97.7 Å². The van der Waals surface area contributed by atoms with E-state index in [0.717, 1.165) is 23.7 Å². The van der Waals surface area contributed by atoms with Crippen molar-refractivity contribution < 1.29 is 0 Å². The minimum absolute atomic E-state index is 0.612. The van der Waals surface area contributed by atoms with Gasteiger partial charge < -0.3 is 0 Å². The summed E-state index contributed by atoms with van der Waals surface area (Å²) in [7, 11) is 0. The van der Waals surface area contributed by atoms with Gasteiger partial charge in [-0.2, -0.15) is 12.6 Å². The number of hydrogen-bond acceptors (Lipinski definition) is 1. The minimum Gasteiger partial charge on any atom is -0.176 e. The highest BCUT2D eigenvalue weighted by molar-refractivity contribution is 7.81. The van der Waals surface area contributed by atoms with Gasteiger partial charge in [-0.05, 0) is 86.0 Å². The van der Waals surface area contributed by atoms with E-state index in [0.29, 0.717) is 10.7 Å². The first kappa shape index (κ1) is 22.9. The molecule has 1 aromatic rings. The summed E-state index contributed by atoms with van der Waals surface area (Å²) in [4.78, 5) is 0. The summed E-state index contributed by atoms with van der Waals surface area (Å²) in [5.74, 6) is 4.18. The van der Waals surface area contributed by atoms with E-state index < -0.39 is 0 Å². The fourth-order valence-corrected chi connectivity index (χ4v) is 6.54. The van der Waals surface area contributed by atoms with Crippen molar-refractivity contribution in [3.63, 3.8) is 0 Å². The highest BCUT2D eigenvalue weighted by Gasteiger charge is 2.52. The lowest BCUT2D eigenvalue weighted by molar-refractivity contribution is 0.112. The smallest absolute Gasteiger partial charge is 0.00452 e. The Hall–Kier alpha value is -0.430. The maximum absolute atomic E-state index is 4.83. The topological polar surface area (TPSA) is 0 Å². The molecule has 3 bridgehead atoms. The highest BCUT2D eigenvalue weighted by atomic mass is 32.1.